The number of phenols is 1. The lowest BCUT2D eigenvalue weighted by atomic mass is 9.96. The highest BCUT2D eigenvalue weighted by atomic mass is 19.1. The number of ether oxygens (including phenoxy) is 1. The minimum absolute atomic E-state index is 0.0286. The summed E-state index contributed by atoms with van der Waals surface area (Å²) in [4.78, 5) is 5.99. The van der Waals surface area contributed by atoms with E-state index in [9.17, 15) is 9.50 Å². The molecule has 4 heterocycles. The van der Waals surface area contributed by atoms with E-state index in [0.29, 0.717) is 34.9 Å². The normalized spacial score (nSPS) is 24.9. The Hall–Kier alpha value is -3.20. The van der Waals surface area contributed by atoms with Crippen LogP contribution in [-0.4, -0.2) is 56.2 Å². The Morgan fingerprint density at radius 2 is 2.10 bits per heavy atom. The van der Waals surface area contributed by atoms with E-state index in [4.69, 9.17) is 4.74 Å². The number of anilines is 1. The van der Waals surface area contributed by atoms with Crippen LogP contribution in [0.3, 0.4) is 0 Å². The number of aromatic hydroxyl groups is 1. The Kier molecular flexibility index (Phi) is 4.97. The molecular weight excluding hydrogens is 399 g/mol. The number of hydrogen-bond donors (Lipinski definition) is 2. The molecule has 2 fully saturated rings. The largest absolute Gasteiger partial charge is 0.507 e. The van der Waals surface area contributed by atoms with Crippen LogP contribution in [0.1, 0.15) is 19.3 Å². The third-order valence-corrected chi connectivity index (χ3v) is 6.29. The minimum Gasteiger partial charge on any atom is -0.507 e. The molecule has 0 amide bonds. The van der Waals surface area contributed by atoms with Crippen molar-refractivity contribution in [3.8, 4) is 28.8 Å². The van der Waals surface area contributed by atoms with E-state index in [1.807, 2.05) is 25.1 Å². The number of aryl methyl sites for hydroxylation is 1. The smallest absolute Gasteiger partial charge is 0.301 e. The van der Waals surface area contributed by atoms with Crippen LogP contribution in [0.2, 0.25) is 0 Å². The molecule has 2 aliphatic heterocycles. The van der Waals surface area contributed by atoms with Gasteiger partial charge in [-0.1, -0.05) is 0 Å². The number of piperidine rings is 1. The summed E-state index contributed by atoms with van der Waals surface area (Å²) in [5, 5.41) is 22.4. The van der Waals surface area contributed by atoms with E-state index >= 15 is 0 Å². The molecule has 0 aliphatic carbocycles. The van der Waals surface area contributed by atoms with Gasteiger partial charge >= 0.3 is 6.01 Å². The van der Waals surface area contributed by atoms with E-state index in [1.165, 1.54) is 6.07 Å². The number of hydrogen-bond acceptors (Lipinski definition) is 7. The second-order valence-corrected chi connectivity index (χ2v) is 8.28. The van der Waals surface area contributed by atoms with Crippen molar-refractivity contribution in [3.05, 3.63) is 42.7 Å². The number of rotatable bonds is 5. The predicted molar refractivity (Wildman–Crippen MR) is 114 cm³/mol. The molecule has 0 unspecified atom stereocenters. The van der Waals surface area contributed by atoms with Crippen molar-refractivity contribution in [2.75, 3.05) is 11.9 Å². The van der Waals surface area contributed by atoms with Crippen LogP contribution >= 0.6 is 0 Å². The van der Waals surface area contributed by atoms with Gasteiger partial charge < -0.3 is 24.6 Å². The lowest BCUT2D eigenvalue weighted by Crippen LogP contribution is -2.55. The monoisotopic (exact) mass is 424 g/mol. The Morgan fingerprint density at radius 3 is 2.81 bits per heavy atom. The number of fused-ring (bicyclic) bond motifs is 2. The number of halogens is 1. The molecule has 1 aromatic carbocycles. The van der Waals surface area contributed by atoms with E-state index in [2.05, 4.69) is 20.5 Å². The second kappa shape index (κ2) is 7.81. The van der Waals surface area contributed by atoms with Gasteiger partial charge in [-0.3, -0.25) is 0 Å². The van der Waals surface area contributed by atoms with Crippen molar-refractivity contribution in [3.63, 3.8) is 0 Å². The molecule has 2 N–H and O–H groups in total. The highest BCUT2D eigenvalue weighted by Crippen LogP contribution is 2.35. The molecule has 0 spiro atoms. The first-order valence-corrected chi connectivity index (χ1v) is 10.4. The van der Waals surface area contributed by atoms with Crippen LogP contribution in [0.15, 0.2) is 42.7 Å². The van der Waals surface area contributed by atoms with Gasteiger partial charge in [0.2, 0.25) is 0 Å². The average molecular weight is 424 g/mol. The van der Waals surface area contributed by atoms with Gasteiger partial charge in [-0.05, 0) is 43.5 Å². The fourth-order valence-electron chi connectivity index (χ4n) is 4.52. The number of nitrogens with zero attached hydrogens (tertiary/aromatic N) is 5. The van der Waals surface area contributed by atoms with Crippen molar-refractivity contribution in [2.45, 2.75) is 43.6 Å². The van der Waals surface area contributed by atoms with Crippen LogP contribution in [0, 0.1) is 0 Å². The summed E-state index contributed by atoms with van der Waals surface area (Å²) in [5.41, 5.74) is 1.07. The van der Waals surface area contributed by atoms with E-state index < -0.39 is 6.17 Å². The molecule has 0 radical (unpaired) electrons. The number of nitrogens with one attached hydrogen (secondary N) is 1. The zero-order valence-electron chi connectivity index (χ0n) is 17.4. The number of imidazole rings is 1. The molecule has 162 valence electrons. The Bertz CT molecular complexity index is 1070. The quantitative estimate of drug-likeness (QED) is 0.651. The van der Waals surface area contributed by atoms with Crippen molar-refractivity contribution in [2.24, 2.45) is 7.05 Å². The molecular formula is C22H25FN6O2. The second-order valence-electron chi connectivity index (χ2n) is 8.28. The van der Waals surface area contributed by atoms with E-state index in [1.54, 1.807) is 35.2 Å². The van der Waals surface area contributed by atoms with Gasteiger partial charge in [0.25, 0.3) is 0 Å². The first kappa shape index (κ1) is 19.7. The molecule has 8 nitrogen and oxygen atoms in total. The molecule has 9 heteroatoms. The maximum atomic E-state index is 14.9. The summed E-state index contributed by atoms with van der Waals surface area (Å²) in [6, 6.07) is 9.11. The fraction of sp³-hybridized carbons (Fsp3) is 0.409. The summed E-state index contributed by atoms with van der Waals surface area (Å²) in [6.07, 6.45) is 5.16. The van der Waals surface area contributed by atoms with Gasteiger partial charge in [-0.15, -0.1) is 10.2 Å². The van der Waals surface area contributed by atoms with Crippen molar-refractivity contribution >= 4 is 5.82 Å². The SMILES string of the molecule is CN(c1ccc(-c2ccc(Oc3nccn3C)cc2O)nn1)[C@H]1C[C@@H]2CC[C@@H](N2)[C@H]1F. The van der Waals surface area contributed by atoms with Gasteiger partial charge in [0.05, 0.1) is 11.7 Å². The number of benzene rings is 1. The molecule has 2 aliphatic rings. The molecule has 2 saturated heterocycles. The zero-order chi connectivity index (χ0) is 21.5. The lowest BCUT2D eigenvalue weighted by molar-refractivity contribution is 0.176. The Morgan fingerprint density at radius 1 is 1.23 bits per heavy atom. The van der Waals surface area contributed by atoms with Crippen molar-refractivity contribution in [1.82, 2.24) is 25.1 Å². The van der Waals surface area contributed by atoms with E-state index in [0.717, 1.165) is 19.3 Å². The summed E-state index contributed by atoms with van der Waals surface area (Å²) < 4.78 is 22.3. The van der Waals surface area contributed by atoms with Crippen LogP contribution in [-0.2, 0) is 7.05 Å². The molecule has 3 aromatic rings. The van der Waals surface area contributed by atoms with Crippen LogP contribution in [0.5, 0.6) is 17.5 Å². The van der Waals surface area contributed by atoms with Crippen LogP contribution in [0.4, 0.5) is 10.2 Å². The Labute approximate surface area is 179 Å². The van der Waals surface area contributed by atoms with Gasteiger partial charge in [0, 0.05) is 50.2 Å². The predicted octanol–water partition coefficient (Wildman–Crippen LogP) is 3.04. The van der Waals surface area contributed by atoms with E-state index in [-0.39, 0.29) is 17.8 Å². The molecule has 0 saturated carbocycles. The first-order valence-electron chi connectivity index (χ1n) is 10.4. The summed E-state index contributed by atoms with van der Waals surface area (Å²) in [7, 11) is 3.69. The molecule has 2 aromatic heterocycles. The summed E-state index contributed by atoms with van der Waals surface area (Å²) in [5.74, 6) is 1.11. The molecule has 31 heavy (non-hydrogen) atoms. The number of phenolic OH excluding ortho intramolecular Hbond substituents is 1. The van der Waals surface area contributed by atoms with Crippen molar-refractivity contribution in [1.29, 1.82) is 0 Å². The standard InChI is InChI=1S/C22H25FN6O2/c1-28-10-9-24-22(28)31-14-4-5-15(19(30)12-14)16-7-8-20(27-26-16)29(2)18-11-13-3-6-17(25-13)21(18)23/h4-5,7-10,12-13,17-18,21,25,30H,3,6,11H2,1-2H3/t13-,17+,18-,21+/m0/s1. The minimum atomic E-state index is -0.930. The van der Waals surface area contributed by atoms with Gasteiger partial charge in [-0.2, -0.15) is 0 Å². The summed E-state index contributed by atoms with van der Waals surface area (Å²) in [6.45, 7) is 0. The highest BCUT2D eigenvalue weighted by molar-refractivity contribution is 5.68. The number of aromatic nitrogens is 4. The van der Waals surface area contributed by atoms with Crippen molar-refractivity contribution < 1.29 is 14.2 Å². The van der Waals surface area contributed by atoms with Gasteiger partial charge in [0.15, 0.2) is 5.82 Å². The van der Waals surface area contributed by atoms with Gasteiger partial charge in [0.1, 0.15) is 17.7 Å². The van der Waals surface area contributed by atoms with Crippen LogP contribution in [0.25, 0.3) is 11.3 Å². The first-order chi connectivity index (χ1) is 15.0. The number of alkyl halides is 1. The summed E-state index contributed by atoms with van der Waals surface area (Å²) >= 11 is 0. The van der Waals surface area contributed by atoms with Gasteiger partial charge in [-0.25, -0.2) is 9.37 Å². The zero-order valence-corrected chi connectivity index (χ0v) is 17.4. The maximum Gasteiger partial charge on any atom is 0.301 e. The lowest BCUT2D eigenvalue weighted by Gasteiger charge is -2.38. The Balaban J connectivity index is 1.32. The average Bonchev–Trinajstić information content (AvgIpc) is 3.37. The fourth-order valence-corrected chi connectivity index (χ4v) is 4.52. The molecule has 2 bridgehead atoms. The third-order valence-electron chi connectivity index (χ3n) is 6.29. The topological polar surface area (TPSA) is 88.3 Å². The molecule has 4 atom stereocenters. The maximum absolute atomic E-state index is 14.9. The van der Waals surface area contributed by atoms with Crippen LogP contribution < -0.4 is 15.0 Å². The highest BCUT2D eigenvalue weighted by Gasteiger charge is 2.43. The molecule has 5 rings (SSSR count). The third kappa shape index (κ3) is 3.69.